The number of aromatic nitrogens is 10. The van der Waals surface area contributed by atoms with E-state index in [4.69, 9.17) is 0 Å². The van der Waals surface area contributed by atoms with E-state index in [1.54, 1.807) is 51.9 Å². The molecule has 12 saturated carbocycles. The average molecular weight is 1870 g/mol. The summed E-state index contributed by atoms with van der Waals surface area (Å²) in [6, 6.07) is 59.7. The molecule has 0 spiro atoms. The molecule has 0 bridgehead atoms. The van der Waals surface area contributed by atoms with Crippen molar-refractivity contribution in [2.45, 2.75) is 501 Å². The molecule has 12 fully saturated rings. The lowest BCUT2D eigenvalue weighted by atomic mass is 9.85. The Kier molecular flexibility index (Phi) is 33.1. The molecule has 0 atom stereocenters. The van der Waals surface area contributed by atoms with E-state index in [0.717, 1.165) is 59.7 Å². The summed E-state index contributed by atoms with van der Waals surface area (Å²) in [5, 5.41) is 0. The van der Waals surface area contributed by atoms with Crippen LogP contribution in [0.3, 0.4) is 0 Å². The van der Waals surface area contributed by atoms with Gasteiger partial charge in [0.25, 0.3) is 29.1 Å². The molecule has 6 aromatic carbocycles. The van der Waals surface area contributed by atoms with Crippen molar-refractivity contribution in [3.63, 3.8) is 0 Å². The van der Waals surface area contributed by atoms with Crippen LogP contribution in [0.4, 0.5) is 0 Å². The summed E-state index contributed by atoms with van der Waals surface area (Å²) >= 11 is 0. The second kappa shape index (κ2) is 46.4. The molecule has 5 heterocycles. The first-order valence-electron chi connectivity index (χ1n) is 58.2. The van der Waals surface area contributed by atoms with E-state index in [0.29, 0.717) is 12.0 Å². The van der Waals surface area contributed by atoms with Crippen LogP contribution in [-0.2, 0) is 0 Å². The summed E-state index contributed by atoms with van der Waals surface area (Å²) in [7, 11) is 0. The minimum absolute atomic E-state index is 0.640. The van der Waals surface area contributed by atoms with Gasteiger partial charge >= 0.3 is 0 Å². The van der Waals surface area contributed by atoms with Gasteiger partial charge < -0.3 is 0 Å². The van der Waals surface area contributed by atoms with Crippen LogP contribution in [-0.4, -0.2) is 22.8 Å². The Morgan fingerprint density at radius 1 is 0.173 bits per heavy atom. The quantitative estimate of drug-likeness (QED) is 0.0769. The van der Waals surface area contributed by atoms with Crippen molar-refractivity contribution in [2.24, 2.45) is 0 Å². The van der Waals surface area contributed by atoms with Crippen molar-refractivity contribution in [3.8, 4) is 39.7 Å². The summed E-state index contributed by atoms with van der Waals surface area (Å²) in [5.74, 6) is 13.3. The van der Waals surface area contributed by atoms with Gasteiger partial charge in [0.05, 0.1) is 29.6 Å². The minimum atomic E-state index is 0.640. The Morgan fingerprint density at radius 3 is 0.619 bits per heavy atom. The highest BCUT2D eigenvalue weighted by Crippen LogP contribution is 2.49. The normalized spacial score (nSPS) is 20.3. The van der Waals surface area contributed by atoms with E-state index >= 15 is 0 Å². The number of nitrogens with zero attached hydrogens (tertiary/aromatic N) is 10. The molecule has 0 N–H and O–H groups in total. The van der Waals surface area contributed by atoms with Crippen molar-refractivity contribution in [2.75, 3.05) is 0 Å². The smallest absolute Gasteiger partial charge is 0.228 e. The second-order valence-corrected chi connectivity index (χ2v) is 46.5. The summed E-state index contributed by atoms with van der Waals surface area (Å²) in [5.41, 5.74) is 30.6. The zero-order valence-electron chi connectivity index (χ0n) is 89.0. The van der Waals surface area contributed by atoms with Gasteiger partial charge in [-0.1, -0.05) is 250 Å². The van der Waals surface area contributed by atoms with Crippen LogP contribution >= 0.6 is 0 Å². The summed E-state index contributed by atoms with van der Waals surface area (Å²) < 4.78 is 27.6. The summed E-state index contributed by atoms with van der Waals surface area (Å²) in [6.07, 6.45) is 75.0. The minimum Gasteiger partial charge on any atom is -0.228 e. The molecule has 23 rings (SSSR count). The molecule has 12 aliphatic carbocycles. The number of hydrogen-bond donors (Lipinski definition) is 0. The number of rotatable bonds is 18. The third-order valence-electron chi connectivity index (χ3n) is 37.5. The Morgan fingerprint density at radius 2 is 0.360 bits per heavy atom. The van der Waals surface area contributed by atoms with Gasteiger partial charge in [-0.3, -0.25) is 0 Å². The molecular formula is C129H181N10+5. The second-order valence-electron chi connectivity index (χ2n) is 46.5. The van der Waals surface area contributed by atoms with E-state index in [1.165, 1.54) is 443 Å². The van der Waals surface area contributed by atoms with Gasteiger partial charge in [0.1, 0.15) is 104 Å². The van der Waals surface area contributed by atoms with E-state index in [2.05, 4.69) is 280 Å². The highest BCUT2D eigenvalue weighted by molar-refractivity contribution is 5.61. The number of benzene rings is 6. The molecule has 10 nitrogen and oxygen atoms in total. The van der Waals surface area contributed by atoms with Crippen molar-refractivity contribution in [1.82, 2.24) is 22.8 Å². The zero-order chi connectivity index (χ0) is 95.6. The zero-order valence-corrected chi connectivity index (χ0v) is 89.0. The molecule has 11 aromatic rings. The fourth-order valence-corrected chi connectivity index (χ4v) is 30.3. The van der Waals surface area contributed by atoms with Crippen molar-refractivity contribution < 1.29 is 22.8 Å². The lowest BCUT2D eigenvalue weighted by molar-refractivity contribution is -0.737. The van der Waals surface area contributed by atoms with E-state index in [1.807, 2.05) is 0 Å². The maximum Gasteiger partial charge on any atom is 0.265 e. The molecule has 0 saturated heterocycles. The van der Waals surface area contributed by atoms with Crippen LogP contribution in [0.15, 0.2) is 152 Å². The molecule has 0 aliphatic heterocycles. The lowest BCUT2D eigenvalue weighted by Gasteiger charge is -2.25. The summed E-state index contributed by atoms with van der Waals surface area (Å²) in [6.45, 7) is 28.0. The monoisotopic (exact) mass is 1870 g/mol. The van der Waals surface area contributed by atoms with Crippen molar-refractivity contribution >= 4 is 0 Å². The predicted molar refractivity (Wildman–Crippen MR) is 576 cm³/mol. The predicted octanol–water partition coefficient (Wildman–Crippen LogP) is 33.7. The number of para-hydroxylation sites is 5. The van der Waals surface area contributed by atoms with Gasteiger partial charge in [-0.15, -0.1) is 0 Å². The third-order valence-corrected chi connectivity index (χ3v) is 37.5. The first kappa shape index (κ1) is 99.1. The molecule has 12 aliphatic rings. The highest BCUT2D eigenvalue weighted by atomic mass is 15.3. The highest BCUT2D eigenvalue weighted by Gasteiger charge is 2.48. The number of hydrogen-bond acceptors (Lipinski definition) is 0. The molecule has 139 heavy (non-hydrogen) atoms. The van der Waals surface area contributed by atoms with Gasteiger partial charge in [-0.2, -0.15) is 22.8 Å². The molecule has 10 heteroatoms. The summed E-state index contributed by atoms with van der Waals surface area (Å²) in [4.78, 5) is 0. The van der Waals surface area contributed by atoms with Gasteiger partial charge in [0.2, 0.25) is 0 Å². The molecule has 0 radical (unpaired) electrons. The Balaban J connectivity index is 0.000000111. The number of imidazole rings is 5. The van der Waals surface area contributed by atoms with Crippen LogP contribution in [0, 0.1) is 83.1 Å². The van der Waals surface area contributed by atoms with Crippen LogP contribution in [0.25, 0.3) is 39.7 Å². The lowest BCUT2D eigenvalue weighted by Crippen LogP contribution is -2.47. The van der Waals surface area contributed by atoms with Crippen molar-refractivity contribution in [1.29, 1.82) is 0 Å². The maximum atomic E-state index is 2.96. The SMILES string of the molecule is Cc1ccccc1-n1c(C)c(-c2ccccc2)[n+](C2CCCC2)c1C1CCCCC1.Cc1ccccc1-n1c(C)c(C)[n+](C2CCCC2)c1C1CCCCC1.Cc1ccccc1-n1c(C)c(C)[n+](C2CCCC2)c1C1CCCCC1.Cc1ccccc1-n1c(C)c(C2CCCC2)[n+](C2CCCC2)c1C1CCCCC1.Cc1ccccc1-n1c(C)c(C2CCCCC2)[n+](C2CCCC2)c1C1CCCCC1. The van der Waals surface area contributed by atoms with E-state index in [9.17, 15) is 0 Å². The van der Waals surface area contributed by atoms with Crippen LogP contribution in [0.1, 0.15) is 527 Å². The molecule has 5 aromatic heterocycles. The van der Waals surface area contributed by atoms with Gasteiger partial charge in [-0.25, -0.2) is 22.8 Å². The molecule has 0 amide bonds. The Hall–Kier alpha value is -8.63. The molecular weight excluding hydrogens is 1690 g/mol. The van der Waals surface area contributed by atoms with Crippen LogP contribution in [0.5, 0.6) is 0 Å². The molecule has 742 valence electrons. The fourth-order valence-electron chi connectivity index (χ4n) is 30.3. The van der Waals surface area contributed by atoms with Gasteiger partial charge in [0.15, 0.2) is 11.4 Å². The Bertz CT molecular complexity index is 5720. The van der Waals surface area contributed by atoms with Crippen molar-refractivity contribution in [3.05, 3.63) is 260 Å². The van der Waals surface area contributed by atoms with Gasteiger partial charge in [-0.05, 0) is 311 Å². The topological polar surface area (TPSA) is 44.0 Å². The molecule has 0 unspecified atom stereocenters. The van der Waals surface area contributed by atoms with Crippen LogP contribution < -0.4 is 22.8 Å². The largest absolute Gasteiger partial charge is 0.265 e. The number of aryl methyl sites for hydroxylation is 5. The van der Waals surface area contributed by atoms with E-state index in [-0.39, 0.29) is 0 Å². The first-order chi connectivity index (χ1) is 68.1. The fraction of sp³-hybridized carbons (Fsp3) is 0.605. The van der Waals surface area contributed by atoms with Gasteiger partial charge in [0, 0.05) is 65.9 Å². The maximum absolute atomic E-state index is 2.96. The Labute approximate surface area is 841 Å². The van der Waals surface area contributed by atoms with Crippen LogP contribution in [0.2, 0.25) is 0 Å². The standard InChI is InChI=1S/C28H41N2.C28H35N2.C27H39N2.2C23H33N2/c2*1-21-13-9-12-20-26(21)29-22(2)27(23-14-5-3-6-15-23)30(25-18-10-11-19-25)28(29)24-16-7-4-8-17-24;1-20-12-6-11-19-25(20)28-21(2)26(22-13-7-8-14-22)29(24-17-9-10-18-24)27(28)23-15-4-3-5-16-23;2*1-17-11-7-10-16-22(17)25-19(3)18(2)24(21-14-8-9-15-21)23(25)20-12-5-4-6-13-20/h9,12-13,20,23-25H,3-8,10-11,14-19H2,1-2H3;3,5-6,9,12-15,20,24-25H,4,7-8,10-11,16-19H2,1-2H3;6,11-12,19,22-24H,3-5,7-10,13-18H2,1-2H3;2*7,10-11,16,20-21H,4-6,8-9,12-15H2,1-3H3/q5*+1. The average Bonchev–Trinajstić information content (AvgIpc) is 1.53. The van der Waals surface area contributed by atoms with E-state index < -0.39 is 0 Å². The first-order valence-corrected chi connectivity index (χ1v) is 58.2. The third kappa shape index (κ3) is 21.0.